The summed E-state index contributed by atoms with van der Waals surface area (Å²) in [4.78, 5) is 15.0. The smallest absolute Gasteiger partial charge is 0.257 e. The third-order valence-corrected chi connectivity index (χ3v) is 3.28. The fourth-order valence-corrected chi connectivity index (χ4v) is 2.37. The Hall–Kier alpha value is -2.18. The molecule has 1 aliphatic rings. The molecule has 7 heteroatoms. The minimum atomic E-state index is 0.230. The standard InChI is InChI=1S/C12H17N7/c1-9-4-2-6-18(8-9)11-15-10(13)16-12(17-11)19-7-3-5-14-19/h3,5,7,9H,2,4,6,8H2,1H3,(H2,13,15,16,17). The van der Waals surface area contributed by atoms with Crippen LogP contribution in [0.1, 0.15) is 19.8 Å². The van der Waals surface area contributed by atoms with Gasteiger partial charge in [0.25, 0.3) is 5.95 Å². The summed E-state index contributed by atoms with van der Waals surface area (Å²) in [5.74, 6) is 1.99. The van der Waals surface area contributed by atoms with Crippen molar-refractivity contribution in [2.45, 2.75) is 19.8 Å². The molecule has 0 aromatic carbocycles. The molecule has 1 saturated heterocycles. The van der Waals surface area contributed by atoms with E-state index in [1.165, 1.54) is 6.42 Å². The molecule has 7 nitrogen and oxygen atoms in total. The normalized spacial score (nSPS) is 19.6. The molecule has 100 valence electrons. The van der Waals surface area contributed by atoms with Gasteiger partial charge >= 0.3 is 0 Å². The van der Waals surface area contributed by atoms with Gasteiger partial charge < -0.3 is 10.6 Å². The minimum absolute atomic E-state index is 0.230. The van der Waals surface area contributed by atoms with E-state index in [0.29, 0.717) is 17.8 Å². The number of hydrogen-bond acceptors (Lipinski definition) is 6. The minimum Gasteiger partial charge on any atom is -0.368 e. The summed E-state index contributed by atoms with van der Waals surface area (Å²) in [6.07, 6.45) is 5.88. The van der Waals surface area contributed by atoms with E-state index in [0.717, 1.165) is 19.5 Å². The molecule has 0 amide bonds. The van der Waals surface area contributed by atoms with Crippen molar-refractivity contribution >= 4 is 11.9 Å². The highest BCUT2D eigenvalue weighted by Gasteiger charge is 2.20. The third kappa shape index (κ3) is 2.49. The lowest BCUT2D eigenvalue weighted by Gasteiger charge is -2.30. The number of nitrogens with two attached hydrogens (primary N) is 1. The van der Waals surface area contributed by atoms with E-state index in [4.69, 9.17) is 5.73 Å². The second-order valence-electron chi connectivity index (χ2n) is 4.94. The number of rotatable bonds is 2. The predicted octanol–water partition coefficient (Wildman–Crippen LogP) is 0.876. The largest absolute Gasteiger partial charge is 0.368 e. The number of anilines is 2. The highest BCUT2D eigenvalue weighted by Crippen LogP contribution is 2.20. The maximum atomic E-state index is 5.78. The highest BCUT2D eigenvalue weighted by molar-refractivity contribution is 5.38. The van der Waals surface area contributed by atoms with Crippen LogP contribution >= 0.6 is 0 Å². The zero-order valence-corrected chi connectivity index (χ0v) is 10.9. The molecule has 0 radical (unpaired) electrons. The Labute approximate surface area is 111 Å². The number of aromatic nitrogens is 5. The van der Waals surface area contributed by atoms with Crippen molar-refractivity contribution in [3.8, 4) is 5.95 Å². The van der Waals surface area contributed by atoms with Gasteiger partial charge in [-0.2, -0.15) is 20.1 Å². The molecule has 0 aliphatic carbocycles. The summed E-state index contributed by atoms with van der Waals surface area (Å²) in [5, 5.41) is 4.12. The summed E-state index contributed by atoms with van der Waals surface area (Å²) in [6, 6.07) is 1.82. The van der Waals surface area contributed by atoms with Gasteiger partial charge in [-0.1, -0.05) is 6.92 Å². The monoisotopic (exact) mass is 259 g/mol. The maximum Gasteiger partial charge on any atom is 0.257 e. The van der Waals surface area contributed by atoms with Crippen molar-refractivity contribution in [1.82, 2.24) is 24.7 Å². The van der Waals surface area contributed by atoms with Gasteiger partial charge in [0.2, 0.25) is 11.9 Å². The lowest BCUT2D eigenvalue weighted by Crippen LogP contribution is -2.36. The van der Waals surface area contributed by atoms with Gasteiger partial charge in [0.1, 0.15) is 0 Å². The van der Waals surface area contributed by atoms with Crippen LogP contribution < -0.4 is 10.6 Å². The van der Waals surface area contributed by atoms with Gasteiger partial charge in [-0.3, -0.25) is 0 Å². The summed E-state index contributed by atoms with van der Waals surface area (Å²) < 4.78 is 1.59. The molecule has 2 N–H and O–H groups in total. The quantitative estimate of drug-likeness (QED) is 0.861. The first-order valence-corrected chi connectivity index (χ1v) is 6.49. The molecule has 3 heterocycles. The summed E-state index contributed by atoms with van der Waals surface area (Å²) in [6.45, 7) is 4.17. The number of nitrogens with zero attached hydrogens (tertiary/aromatic N) is 6. The van der Waals surface area contributed by atoms with Crippen LogP contribution in [0.25, 0.3) is 5.95 Å². The average Bonchev–Trinajstić information content (AvgIpc) is 2.92. The molecule has 19 heavy (non-hydrogen) atoms. The molecule has 2 aromatic rings. The van der Waals surface area contributed by atoms with E-state index in [1.54, 1.807) is 17.1 Å². The van der Waals surface area contributed by atoms with Gasteiger partial charge in [-0.15, -0.1) is 0 Å². The molecular weight excluding hydrogens is 242 g/mol. The first-order chi connectivity index (χ1) is 9.22. The summed E-state index contributed by atoms with van der Waals surface area (Å²) in [5.41, 5.74) is 5.78. The van der Waals surface area contributed by atoms with Crippen LogP contribution in [-0.2, 0) is 0 Å². The Morgan fingerprint density at radius 2 is 2.11 bits per heavy atom. The van der Waals surface area contributed by atoms with Crippen molar-refractivity contribution in [1.29, 1.82) is 0 Å². The third-order valence-electron chi connectivity index (χ3n) is 3.28. The zero-order chi connectivity index (χ0) is 13.2. The molecule has 1 fully saturated rings. The van der Waals surface area contributed by atoms with Gasteiger partial charge in [0, 0.05) is 25.5 Å². The zero-order valence-electron chi connectivity index (χ0n) is 10.9. The topological polar surface area (TPSA) is 85.8 Å². The molecule has 1 unspecified atom stereocenters. The van der Waals surface area contributed by atoms with E-state index >= 15 is 0 Å². The molecule has 3 rings (SSSR count). The molecular formula is C12H17N7. The van der Waals surface area contributed by atoms with Crippen molar-refractivity contribution in [2.24, 2.45) is 5.92 Å². The first kappa shape index (κ1) is 11.9. The van der Waals surface area contributed by atoms with Crippen LogP contribution in [0.3, 0.4) is 0 Å². The lowest BCUT2D eigenvalue weighted by atomic mass is 10.0. The molecule has 1 aliphatic heterocycles. The predicted molar refractivity (Wildman–Crippen MR) is 72.0 cm³/mol. The van der Waals surface area contributed by atoms with E-state index < -0.39 is 0 Å². The fraction of sp³-hybridized carbons (Fsp3) is 0.500. The highest BCUT2D eigenvalue weighted by atomic mass is 15.4. The van der Waals surface area contributed by atoms with Crippen molar-refractivity contribution in [3.63, 3.8) is 0 Å². The van der Waals surface area contributed by atoms with Crippen LogP contribution in [0.4, 0.5) is 11.9 Å². The van der Waals surface area contributed by atoms with Gasteiger partial charge in [0.15, 0.2) is 0 Å². The van der Waals surface area contributed by atoms with Crippen molar-refractivity contribution < 1.29 is 0 Å². The number of hydrogen-bond donors (Lipinski definition) is 1. The van der Waals surface area contributed by atoms with Gasteiger partial charge in [-0.05, 0) is 24.8 Å². The lowest BCUT2D eigenvalue weighted by molar-refractivity contribution is 0.441. The Bertz CT molecular complexity index is 551. The summed E-state index contributed by atoms with van der Waals surface area (Å²) in [7, 11) is 0. The first-order valence-electron chi connectivity index (χ1n) is 6.49. The summed E-state index contributed by atoms with van der Waals surface area (Å²) >= 11 is 0. The number of nitrogen functional groups attached to an aromatic ring is 1. The van der Waals surface area contributed by atoms with E-state index in [9.17, 15) is 0 Å². The van der Waals surface area contributed by atoms with Crippen LogP contribution in [0.2, 0.25) is 0 Å². The van der Waals surface area contributed by atoms with Crippen LogP contribution in [0.15, 0.2) is 18.5 Å². The van der Waals surface area contributed by atoms with Crippen molar-refractivity contribution in [2.75, 3.05) is 23.7 Å². The second kappa shape index (κ2) is 4.83. The Balaban J connectivity index is 1.93. The Kier molecular flexibility index (Phi) is 3.02. The Morgan fingerprint density at radius 3 is 2.84 bits per heavy atom. The molecule has 0 saturated carbocycles. The van der Waals surface area contributed by atoms with E-state index in [2.05, 4.69) is 31.9 Å². The van der Waals surface area contributed by atoms with Crippen LogP contribution in [0, 0.1) is 5.92 Å². The van der Waals surface area contributed by atoms with Crippen LogP contribution in [-0.4, -0.2) is 37.8 Å². The second-order valence-corrected chi connectivity index (χ2v) is 4.94. The SMILES string of the molecule is CC1CCCN(c2nc(N)nc(-n3cccn3)n2)C1. The van der Waals surface area contributed by atoms with Crippen LogP contribution in [0.5, 0.6) is 0 Å². The fourth-order valence-electron chi connectivity index (χ4n) is 2.37. The van der Waals surface area contributed by atoms with E-state index in [1.807, 2.05) is 6.07 Å². The number of piperidine rings is 1. The van der Waals surface area contributed by atoms with Gasteiger partial charge in [0.05, 0.1) is 0 Å². The molecule has 2 aromatic heterocycles. The Morgan fingerprint density at radius 1 is 1.26 bits per heavy atom. The average molecular weight is 259 g/mol. The molecule has 0 bridgehead atoms. The van der Waals surface area contributed by atoms with E-state index in [-0.39, 0.29) is 5.95 Å². The molecule has 0 spiro atoms. The molecule has 1 atom stereocenters. The van der Waals surface area contributed by atoms with Crippen molar-refractivity contribution in [3.05, 3.63) is 18.5 Å². The van der Waals surface area contributed by atoms with Gasteiger partial charge in [-0.25, -0.2) is 4.68 Å². The maximum absolute atomic E-state index is 5.78.